The van der Waals surface area contributed by atoms with Gasteiger partial charge in [-0.25, -0.2) is 9.18 Å². The Labute approximate surface area is 148 Å². The maximum atomic E-state index is 13.5. The van der Waals surface area contributed by atoms with Crippen molar-refractivity contribution in [1.29, 1.82) is 0 Å². The molecular formula is C17H15ClFNO3S. The van der Waals surface area contributed by atoms with Crippen molar-refractivity contribution in [2.45, 2.75) is 5.75 Å². The van der Waals surface area contributed by atoms with Crippen molar-refractivity contribution in [1.82, 2.24) is 0 Å². The summed E-state index contributed by atoms with van der Waals surface area (Å²) in [5, 5.41) is 2.83. The summed E-state index contributed by atoms with van der Waals surface area (Å²) in [4.78, 5) is 23.3. The minimum absolute atomic E-state index is 0.0563. The van der Waals surface area contributed by atoms with Gasteiger partial charge in [0, 0.05) is 10.8 Å². The van der Waals surface area contributed by atoms with Crippen LogP contribution >= 0.6 is 23.4 Å². The molecule has 126 valence electrons. The minimum Gasteiger partial charge on any atom is -0.465 e. The fourth-order valence-corrected chi connectivity index (χ4v) is 2.89. The van der Waals surface area contributed by atoms with E-state index in [-0.39, 0.29) is 17.3 Å². The van der Waals surface area contributed by atoms with Crippen molar-refractivity contribution in [2.75, 3.05) is 18.2 Å². The van der Waals surface area contributed by atoms with Gasteiger partial charge in [0.1, 0.15) is 5.82 Å². The number of nitrogens with one attached hydrogen (secondary N) is 1. The van der Waals surface area contributed by atoms with Crippen molar-refractivity contribution in [3.63, 3.8) is 0 Å². The van der Waals surface area contributed by atoms with Crippen molar-refractivity contribution >= 4 is 40.9 Å². The standard InChI is InChI=1S/C17H15ClFNO3S/c1-23-17(22)12-4-2-3-11(7-12)9-24-10-16(21)20-15-8-13(18)5-6-14(15)19/h2-8H,9-10H2,1H3,(H,20,21). The Morgan fingerprint density at radius 2 is 2.04 bits per heavy atom. The molecule has 0 spiro atoms. The predicted molar refractivity (Wildman–Crippen MR) is 94.0 cm³/mol. The number of carbonyl (C=O) groups is 2. The SMILES string of the molecule is COC(=O)c1cccc(CSCC(=O)Nc2cc(Cl)ccc2F)c1. The zero-order valence-electron chi connectivity index (χ0n) is 12.8. The van der Waals surface area contributed by atoms with Crippen LogP contribution in [0.3, 0.4) is 0 Å². The molecule has 0 atom stereocenters. The molecule has 24 heavy (non-hydrogen) atoms. The highest BCUT2D eigenvalue weighted by molar-refractivity contribution is 7.99. The highest BCUT2D eigenvalue weighted by Crippen LogP contribution is 2.20. The van der Waals surface area contributed by atoms with E-state index in [4.69, 9.17) is 11.6 Å². The van der Waals surface area contributed by atoms with Crippen molar-refractivity contribution in [3.8, 4) is 0 Å². The van der Waals surface area contributed by atoms with Gasteiger partial charge in [0.05, 0.1) is 24.1 Å². The first kappa shape index (κ1) is 18.3. The largest absolute Gasteiger partial charge is 0.465 e. The van der Waals surface area contributed by atoms with E-state index in [2.05, 4.69) is 10.1 Å². The number of hydrogen-bond acceptors (Lipinski definition) is 4. The maximum absolute atomic E-state index is 13.5. The van der Waals surface area contributed by atoms with Crippen molar-refractivity contribution in [2.24, 2.45) is 0 Å². The van der Waals surface area contributed by atoms with Crippen LogP contribution in [0.5, 0.6) is 0 Å². The predicted octanol–water partition coefficient (Wildman–Crippen LogP) is 4.14. The summed E-state index contributed by atoms with van der Waals surface area (Å²) in [6.07, 6.45) is 0. The second kappa shape index (κ2) is 8.70. The number of halogens is 2. The highest BCUT2D eigenvalue weighted by Gasteiger charge is 2.09. The molecule has 0 radical (unpaired) electrons. The molecule has 0 aliphatic rings. The third-order valence-electron chi connectivity index (χ3n) is 3.05. The summed E-state index contributed by atoms with van der Waals surface area (Å²) in [7, 11) is 1.32. The first-order chi connectivity index (χ1) is 11.5. The number of hydrogen-bond donors (Lipinski definition) is 1. The number of rotatable bonds is 6. The fourth-order valence-electron chi connectivity index (χ4n) is 1.95. The Kier molecular flexibility index (Phi) is 6.63. The van der Waals surface area contributed by atoms with E-state index in [1.54, 1.807) is 18.2 Å². The van der Waals surface area contributed by atoms with Gasteiger partial charge in [-0.3, -0.25) is 4.79 Å². The topological polar surface area (TPSA) is 55.4 Å². The van der Waals surface area contributed by atoms with Crippen molar-refractivity contribution < 1.29 is 18.7 Å². The second-order valence-corrected chi connectivity index (χ2v) is 6.28. The Morgan fingerprint density at radius 1 is 1.25 bits per heavy atom. The molecule has 0 heterocycles. The molecule has 0 aliphatic heterocycles. The number of methoxy groups -OCH3 is 1. The van der Waals surface area contributed by atoms with E-state index in [9.17, 15) is 14.0 Å². The molecule has 0 aliphatic carbocycles. The van der Waals surface area contributed by atoms with Crippen LogP contribution in [0.4, 0.5) is 10.1 Å². The van der Waals surface area contributed by atoms with Crippen LogP contribution < -0.4 is 5.32 Å². The molecule has 2 aromatic carbocycles. The molecule has 2 rings (SSSR count). The molecule has 4 nitrogen and oxygen atoms in total. The van der Waals surface area contributed by atoms with E-state index in [1.165, 1.54) is 37.1 Å². The third-order valence-corrected chi connectivity index (χ3v) is 4.29. The summed E-state index contributed by atoms with van der Waals surface area (Å²) in [5.41, 5.74) is 1.41. The molecule has 0 aromatic heterocycles. The van der Waals surface area contributed by atoms with E-state index in [1.807, 2.05) is 6.07 Å². The molecule has 0 unspecified atom stereocenters. The van der Waals surface area contributed by atoms with E-state index >= 15 is 0 Å². The average Bonchev–Trinajstić information content (AvgIpc) is 2.57. The van der Waals surface area contributed by atoms with Gasteiger partial charge < -0.3 is 10.1 Å². The van der Waals surface area contributed by atoms with Crippen LogP contribution in [-0.2, 0) is 15.3 Å². The number of amides is 1. The molecule has 0 saturated heterocycles. The Morgan fingerprint density at radius 3 is 2.79 bits per heavy atom. The smallest absolute Gasteiger partial charge is 0.337 e. The lowest BCUT2D eigenvalue weighted by Gasteiger charge is -2.07. The molecule has 0 fully saturated rings. The molecule has 1 amide bonds. The monoisotopic (exact) mass is 367 g/mol. The average molecular weight is 368 g/mol. The molecule has 0 bridgehead atoms. The normalized spacial score (nSPS) is 10.3. The Hall–Kier alpha value is -2.05. The lowest BCUT2D eigenvalue weighted by atomic mass is 10.1. The lowest BCUT2D eigenvalue weighted by Crippen LogP contribution is -2.15. The molecule has 2 aromatic rings. The van der Waals surface area contributed by atoms with Crippen LogP contribution in [0.25, 0.3) is 0 Å². The number of benzene rings is 2. The zero-order chi connectivity index (χ0) is 17.5. The molecule has 1 N–H and O–H groups in total. The number of thioether (sulfide) groups is 1. The van der Waals surface area contributed by atoms with Gasteiger partial charge in [-0.05, 0) is 35.9 Å². The summed E-state index contributed by atoms with van der Waals surface area (Å²) < 4.78 is 18.2. The Bertz CT molecular complexity index is 754. The second-order valence-electron chi connectivity index (χ2n) is 4.86. The summed E-state index contributed by atoms with van der Waals surface area (Å²) in [6, 6.07) is 11.0. The van der Waals surface area contributed by atoms with Crippen LogP contribution in [0.15, 0.2) is 42.5 Å². The third kappa shape index (κ3) is 5.25. The van der Waals surface area contributed by atoms with E-state index in [0.717, 1.165) is 5.56 Å². The summed E-state index contributed by atoms with van der Waals surface area (Å²) >= 11 is 7.13. The van der Waals surface area contributed by atoms with E-state index < -0.39 is 11.8 Å². The number of anilines is 1. The van der Waals surface area contributed by atoms with Crippen LogP contribution in [0, 0.1) is 5.82 Å². The van der Waals surface area contributed by atoms with Crippen LogP contribution in [0.2, 0.25) is 5.02 Å². The number of ether oxygens (including phenoxy) is 1. The fraction of sp³-hybridized carbons (Fsp3) is 0.176. The molecular weight excluding hydrogens is 353 g/mol. The van der Waals surface area contributed by atoms with E-state index in [0.29, 0.717) is 16.3 Å². The Balaban J connectivity index is 1.86. The number of carbonyl (C=O) groups excluding carboxylic acids is 2. The zero-order valence-corrected chi connectivity index (χ0v) is 14.4. The summed E-state index contributed by atoms with van der Waals surface area (Å²) in [6.45, 7) is 0. The van der Waals surface area contributed by atoms with Crippen molar-refractivity contribution in [3.05, 3.63) is 64.4 Å². The van der Waals surface area contributed by atoms with Gasteiger partial charge >= 0.3 is 5.97 Å². The lowest BCUT2D eigenvalue weighted by molar-refractivity contribution is -0.113. The summed E-state index contributed by atoms with van der Waals surface area (Å²) in [5.74, 6) is -0.588. The van der Waals surface area contributed by atoms with Gasteiger partial charge in [-0.15, -0.1) is 11.8 Å². The molecule has 7 heteroatoms. The van der Waals surface area contributed by atoms with Gasteiger partial charge in [0.25, 0.3) is 0 Å². The molecule has 0 saturated carbocycles. The first-order valence-electron chi connectivity index (χ1n) is 6.99. The van der Waals surface area contributed by atoms with Crippen LogP contribution in [0.1, 0.15) is 15.9 Å². The van der Waals surface area contributed by atoms with Gasteiger partial charge in [0.15, 0.2) is 0 Å². The minimum atomic E-state index is -0.538. The quantitative estimate of drug-likeness (QED) is 0.780. The van der Waals surface area contributed by atoms with Gasteiger partial charge in [-0.1, -0.05) is 23.7 Å². The van der Waals surface area contributed by atoms with Gasteiger partial charge in [-0.2, -0.15) is 0 Å². The number of esters is 1. The first-order valence-corrected chi connectivity index (χ1v) is 8.53. The van der Waals surface area contributed by atoms with Gasteiger partial charge in [0.2, 0.25) is 5.91 Å². The highest BCUT2D eigenvalue weighted by atomic mass is 35.5. The maximum Gasteiger partial charge on any atom is 0.337 e. The van der Waals surface area contributed by atoms with Crippen LogP contribution in [-0.4, -0.2) is 24.7 Å².